The predicted molar refractivity (Wildman–Crippen MR) is 98.9 cm³/mol. The highest BCUT2D eigenvalue weighted by Gasteiger charge is 2.33. The molecule has 0 aliphatic carbocycles. The Labute approximate surface area is 151 Å². The van der Waals surface area contributed by atoms with Gasteiger partial charge in [0.05, 0.1) is 6.61 Å². The van der Waals surface area contributed by atoms with Crippen LogP contribution < -0.4 is 5.32 Å². The number of hydrogen-bond donors (Lipinski definition) is 2. The minimum absolute atomic E-state index is 0.0470. The lowest BCUT2D eigenvalue weighted by Crippen LogP contribution is -2.26. The van der Waals surface area contributed by atoms with Crippen molar-refractivity contribution in [2.24, 2.45) is 5.92 Å². The fourth-order valence-corrected chi connectivity index (χ4v) is 3.58. The van der Waals surface area contributed by atoms with Gasteiger partial charge < -0.3 is 15.2 Å². The van der Waals surface area contributed by atoms with Gasteiger partial charge >= 0.3 is 5.97 Å². The molecule has 0 fully saturated rings. The van der Waals surface area contributed by atoms with Crippen LogP contribution in [0.25, 0.3) is 11.6 Å². The zero-order valence-corrected chi connectivity index (χ0v) is 14.6. The molecule has 0 bridgehead atoms. The van der Waals surface area contributed by atoms with E-state index in [1.54, 1.807) is 12.1 Å². The quantitative estimate of drug-likeness (QED) is 0.639. The Morgan fingerprint density at radius 1 is 1.19 bits per heavy atom. The molecule has 5 nitrogen and oxygen atoms in total. The largest absolute Gasteiger partial charge is 0.506 e. The summed E-state index contributed by atoms with van der Waals surface area (Å²) in [5.74, 6) is -0.567. The molecule has 132 valence electrons. The first-order valence-corrected chi connectivity index (χ1v) is 8.62. The summed E-state index contributed by atoms with van der Waals surface area (Å²) in [6, 6.07) is 11.0. The van der Waals surface area contributed by atoms with E-state index >= 15 is 0 Å². The third-order valence-corrected chi connectivity index (χ3v) is 5.05. The van der Waals surface area contributed by atoms with Gasteiger partial charge in [0.15, 0.2) is 0 Å². The van der Waals surface area contributed by atoms with E-state index in [2.05, 4.69) is 19.2 Å². The smallest absolute Gasteiger partial charge is 0.342 e. The molecule has 4 rings (SSSR count). The average molecular weight is 349 g/mol. The highest BCUT2D eigenvalue weighted by molar-refractivity contribution is 6.35. The molecule has 0 radical (unpaired) electrons. The molecule has 2 aromatic carbocycles. The number of anilines is 1. The number of phenolic OH excluding ortho intramolecular Hbond substituents is 1. The van der Waals surface area contributed by atoms with Crippen LogP contribution in [0, 0.1) is 5.92 Å². The van der Waals surface area contributed by atoms with Crippen LogP contribution >= 0.6 is 0 Å². The summed E-state index contributed by atoms with van der Waals surface area (Å²) in [6.07, 6.45) is 1.61. The summed E-state index contributed by atoms with van der Waals surface area (Å²) in [5.41, 5.74) is 3.40. The van der Waals surface area contributed by atoms with Crippen molar-refractivity contribution < 1.29 is 19.4 Å². The number of ether oxygens (including phenoxy) is 1. The summed E-state index contributed by atoms with van der Waals surface area (Å²) < 4.78 is 5.26. The van der Waals surface area contributed by atoms with Gasteiger partial charge in [-0.3, -0.25) is 4.79 Å². The van der Waals surface area contributed by atoms with E-state index in [0.717, 1.165) is 16.8 Å². The Balaban J connectivity index is 1.84. The molecular formula is C21H19NO4. The van der Waals surface area contributed by atoms with Crippen molar-refractivity contribution in [3.05, 3.63) is 58.7 Å². The second kappa shape index (κ2) is 6.02. The van der Waals surface area contributed by atoms with Gasteiger partial charge in [0.25, 0.3) is 5.91 Å². The zero-order valence-electron chi connectivity index (χ0n) is 14.6. The molecule has 5 heteroatoms. The van der Waals surface area contributed by atoms with Crippen LogP contribution in [0.3, 0.4) is 0 Å². The molecule has 2 aliphatic rings. The maximum absolute atomic E-state index is 12.3. The lowest BCUT2D eigenvalue weighted by Gasteiger charge is -2.28. The molecule has 2 aliphatic heterocycles. The second-order valence-corrected chi connectivity index (χ2v) is 6.97. The molecule has 0 spiro atoms. The molecule has 1 atom stereocenters. The fourth-order valence-electron chi connectivity index (χ4n) is 3.58. The number of aromatic hydroxyl groups is 1. The number of hydrogen-bond acceptors (Lipinski definition) is 4. The van der Waals surface area contributed by atoms with Gasteiger partial charge in [0, 0.05) is 28.3 Å². The lowest BCUT2D eigenvalue weighted by atomic mass is 9.83. The van der Waals surface area contributed by atoms with Crippen LogP contribution in [0.4, 0.5) is 5.69 Å². The first-order valence-electron chi connectivity index (χ1n) is 8.62. The van der Waals surface area contributed by atoms with E-state index in [-0.39, 0.29) is 29.1 Å². The van der Waals surface area contributed by atoms with Crippen molar-refractivity contribution in [3.8, 4) is 5.75 Å². The third-order valence-electron chi connectivity index (χ3n) is 5.05. The van der Waals surface area contributed by atoms with Gasteiger partial charge in [0.1, 0.15) is 11.3 Å². The third kappa shape index (κ3) is 2.47. The van der Waals surface area contributed by atoms with Crippen LogP contribution in [0.1, 0.15) is 46.8 Å². The highest BCUT2D eigenvalue weighted by atomic mass is 16.5. The van der Waals surface area contributed by atoms with Crippen LogP contribution in [0.5, 0.6) is 5.75 Å². The summed E-state index contributed by atoms with van der Waals surface area (Å²) in [6.45, 7) is 4.43. The van der Waals surface area contributed by atoms with Crippen molar-refractivity contribution in [2.45, 2.75) is 19.8 Å². The van der Waals surface area contributed by atoms with E-state index in [1.165, 1.54) is 0 Å². The number of esters is 1. The van der Waals surface area contributed by atoms with E-state index in [0.29, 0.717) is 17.7 Å². The van der Waals surface area contributed by atoms with E-state index in [4.69, 9.17) is 4.74 Å². The first kappa shape index (κ1) is 16.4. The zero-order chi connectivity index (χ0) is 18.4. The number of carbonyl (C=O) groups excluding carboxylic acids is 2. The van der Waals surface area contributed by atoms with Gasteiger partial charge in [0.2, 0.25) is 0 Å². The Morgan fingerprint density at radius 2 is 1.96 bits per heavy atom. The van der Waals surface area contributed by atoms with Crippen molar-refractivity contribution in [1.82, 2.24) is 0 Å². The number of fused-ring (bicyclic) bond motifs is 2. The van der Waals surface area contributed by atoms with E-state index in [9.17, 15) is 14.7 Å². The SMILES string of the molecule is CC(C)C1COC(=O)c2c1ccc(/C=C1\C(=O)Nc3ccccc31)c2O. The van der Waals surface area contributed by atoms with Gasteiger partial charge in [-0.2, -0.15) is 0 Å². The maximum Gasteiger partial charge on any atom is 0.342 e. The van der Waals surface area contributed by atoms with Crippen molar-refractivity contribution >= 4 is 29.2 Å². The number of nitrogens with one attached hydrogen (secondary N) is 1. The van der Waals surface area contributed by atoms with Gasteiger partial charge in [-0.05, 0) is 23.6 Å². The standard InChI is InChI=1S/C21H19NO4/c1-11(2)16-10-26-21(25)18-14(16)8-7-12(19(18)23)9-15-13-5-3-4-6-17(13)22-20(15)24/h3-9,11,16,23H,10H2,1-2H3,(H,22,24)/b15-9-. The lowest BCUT2D eigenvalue weighted by molar-refractivity contribution is -0.110. The van der Waals surface area contributed by atoms with Crippen molar-refractivity contribution in [2.75, 3.05) is 11.9 Å². The van der Waals surface area contributed by atoms with Gasteiger partial charge in [-0.15, -0.1) is 0 Å². The molecule has 2 N–H and O–H groups in total. The first-order chi connectivity index (χ1) is 12.5. The predicted octanol–water partition coefficient (Wildman–Crippen LogP) is 3.79. The number of amides is 1. The summed E-state index contributed by atoms with van der Waals surface area (Å²) in [5, 5.41) is 13.5. The topological polar surface area (TPSA) is 75.6 Å². The maximum atomic E-state index is 12.3. The second-order valence-electron chi connectivity index (χ2n) is 6.97. The molecule has 0 saturated heterocycles. The molecule has 26 heavy (non-hydrogen) atoms. The molecule has 0 aromatic heterocycles. The van der Waals surface area contributed by atoms with Crippen LogP contribution in [0.15, 0.2) is 36.4 Å². The van der Waals surface area contributed by atoms with Crippen molar-refractivity contribution in [1.29, 1.82) is 0 Å². The Kier molecular flexibility index (Phi) is 3.80. The van der Waals surface area contributed by atoms with E-state index < -0.39 is 5.97 Å². The van der Waals surface area contributed by atoms with Gasteiger partial charge in [-0.1, -0.05) is 44.2 Å². The summed E-state index contributed by atoms with van der Waals surface area (Å²) >= 11 is 0. The minimum Gasteiger partial charge on any atom is -0.506 e. The Morgan fingerprint density at radius 3 is 2.73 bits per heavy atom. The molecule has 0 saturated carbocycles. The fraction of sp³-hybridized carbons (Fsp3) is 0.238. The normalized spacial score (nSPS) is 20.0. The number of rotatable bonds is 2. The highest BCUT2D eigenvalue weighted by Crippen LogP contribution is 2.40. The van der Waals surface area contributed by atoms with E-state index in [1.807, 2.05) is 30.3 Å². The number of phenols is 1. The number of para-hydroxylation sites is 1. The monoisotopic (exact) mass is 349 g/mol. The molecule has 1 amide bonds. The number of carbonyl (C=O) groups is 2. The number of cyclic esters (lactones) is 1. The molecule has 1 unspecified atom stereocenters. The summed E-state index contributed by atoms with van der Waals surface area (Å²) in [4.78, 5) is 24.5. The summed E-state index contributed by atoms with van der Waals surface area (Å²) in [7, 11) is 0. The Bertz CT molecular complexity index is 958. The molecule has 2 aromatic rings. The average Bonchev–Trinajstić information content (AvgIpc) is 2.92. The van der Waals surface area contributed by atoms with Crippen LogP contribution in [-0.4, -0.2) is 23.6 Å². The van der Waals surface area contributed by atoms with Crippen LogP contribution in [-0.2, 0) is 9.53 Å². The van der Waals surface area contributed by atoms with Crippen LogP contribution in [0.2, 0.25) is 0 Å². The molecular weight excluding hydrogens is 330 g/mol. The molecule has 2 heterocycles. The Hall–Kier alpha value is -3.08. The van der Waals surface area contributed by atoms with Crippen molar-refractivity contribution in [3.63, 3.8) is 0 Å². The minimum atomic E-state index is -0.522. The van der Waals surface area contributed by atoms with Gasteiger partial charge in [-0.25, -0.2) is 4.79 Å². The number of benzene rings is 2.